The third-order valence-corrected chi connectivity index (χ3v) is 4.90. The standard InChI is InChI=1S/C11H14ClF2NS/c12-9-2-1-8(16-9)10(7-15)3-5-11(13,14)6-4-10/h1-2H,3-7,15H2. The lowest BCUT2D eigenvalue weighted by atomic mass is 9.72. The third-order valence-electron chi connectivity index (χ3n) is 3.43. The SMILES string of the molecule is NCC1(c2ccc(Cl)s2)CCC(F)(F)CC1. The van der Waals surface area contributed by atoms with Crippen LogP contribution in [-0.2, 0) is 5.41 Å². The molecular weight excluding hydrogens is 252 g/mol. The van der Waals surface area contributed by atoms with Crippen molar-refractivity contribution in [1.29, 1.82) is 0 Å². The molecular formula is C11H14ClF2NS. The van der Waals surface area contributed by atoms with Crippen LogP contribution in [-0.4, -0.2) is 12.5 Å². The number of halogens is 3. The molecule has 1 aromatic rings. The Morgan fingerprint density at radius 3 is 2.31 bits per heavy atom. The zero-order valence-corrected chi connectivity index (χ0v) is 10.4. The van der Waals surface area contributed by atoms with Gasteiger partial charge in [0.2, 0.25) is 5.92 Å². The van der Waals surface area contributed by atoms with Gasteiger partial charge in [0, 0.05) is 29.7 Å². The second-order valence-electron chi connectivity index (χ2n) is 4.44. The molecule has 0 bridgehead atoms. The summed E-state index contributed by atoms with van der Waals surface area (Å²) < 4.78 is 27.0. The molecule has 1 nitrogen and oxygen atoms in total. The Kier molecular flexibility index (Phi) is 3.25. The highest BCUT2D eigenvalue weighted by atomic mass is 35.5. The van der Waals surface area contributed by atoms with Gasteiger partial charge in [-0.3, -0.25) is 0 Å². The van der Waals surface area contributed by atoms with E-state index in [2.05, 4.69) is 0 Å². The normalized spacial score (nSPS) is 23.2. The van der Waals surface area contributed by atoms with E-state index in [1.165, 1.54) is 11.3 Å². The molecule has 90 valence electrons. The predicted molar refractivity (Wildman–Crippen MR) is 63.5 cm³/mol. The first-order chi connectivity index (χ1) is 7.47. The number of alkyl halides is 2. The van der Waals surface area contributed by atoms with E-state index in [1.54, 1.807) is 0 Å². The van der Waals surface area contributed by atoms with Crippen molar-refractivity contribution < 1.29 is 8.78 Å². The molecule has 1 aliphatic rings. The van der Waals surface area contributed by atoms with Gasteiger partial charge in [0.25, 0.3) is 0 Å². The van der Waals surface area contributed by atoms with Crippen LogP contribution in [0.4, 0.5) is 8.78 Å². The molecule has 0 atom stereocenters. The summed E-state index contributed by atoms with van der Waals surface area (Å²) in [6.07, 6.45) is 0.764. The van der Waals surface area contributed by atoms with Crippen LogP contribution in [0.2, 0.25) is 4.34 Å². The summed E-state index contributed by atoms with van der Waals surface area (Å²) in [6, 6.07) is 3.73. The number of thiophene rings is 1. The van der Waals surface area contributed by atoms with Gasteiger partial charge in [0.05, 0.1) is 4.34 Å². The van der Waals surface area contributed by atoms with Crippen LogP contribution >= 0.6 is 22.9 Å². The molecule has 0 radical (unpaired) electrons. The fourth-order valence-corrected chi connectivity index (χ4v) is 3.54. The topological polar surface area (TPSA) is 26.0 Å². The van der Waals surface area contributed by atoms with E-state index in [-0.39, 0.29) is 18.3 Å². The molecule has 1 aromatic heterocycles. The van der Waals surface area contributed by atoms with E-state index >= 15 is 0 Å². The Balaban J connectivity index is 2.22. The second-order valence-corrected chi connectivity index (χ2v) is 6.16. The molecule has 1 aliphatic carbocycles. The van der Waals surface area contributed by atoms with Gasteiger partial charge < -0.3 is 5.73 Å². The summed E-state index contributed by atoms with van der Waals surface area (Å²) in [5, 5.41) is 0. The molecule has 16 heavy (non-hydrogen) atoms. The van der Waals surface area contributed by atoms with Gasteiger partial charge in [-0.2, -0.15) is 0 Å². The molecule has 0 spiro atoms. The minimum Gasteiger partial charge on any atom is -0.330 e. The highest BCUT2D eigenvalue weighted by Gasteiger charge is 2.44. The third kappa shape index (κ3) is 2.24. The van der Waals surface area contributed by atoms with Crippen molar-refractivity contribution in [3.8, 4) is 0 Å². The smallest absolute Gasteiger partial charge is 0.248 e. The number of hydrogen-bond acceptors (Lipinski definition) is 2. The Labute approximate surface area is 103 Å². The molecule has 0 aromatic carbocycles. The van der Waals surface area contributed by atoms with Gasteiger partial charge in [-0.05, 0) is 25.0 Å². The molecule has 1 fully saturated rings. The number of rotatable bonds is 2. The van der Waals surface area contributed by atoms with Crippen LogP contribution in [0, 0.1) is 0 Å². The minimum atomic E-state index is -2.51. The Hall–Kier alpha value is -0.190. The first-order valence-corrected chi connectivity index (χ1v) is 6.51. The van der Waals surface area contributed by atoms with Gasteiger partial charge in [-0.1, -0.05) is 11.6 Å². The van der Waals surface area contributed by atoms with Gasteiger partial charge in [-0.25, -0.2) is 8.78 Å². The van der Waals surface area contributed by atoms with Crippen molar-refractivity contribution in [2.75, 3.05) is 6.54 Å². The molecule has 0 saturated heterocycles. The van der Waals surface area contributed by atoms with E-state index in [0.717, 1.165) is 4.88 Å². The Morgan fingerprint density at radius 2 is 1.88 bits per heavy atom. The summed E-state index contributed by atoms with van der Waals surface area (Å²) >= 11 is 7.34. The van der Waals surface area contributed by atoms with E-state index in [9.17, 15) is 8.78 Å². The van der Waals surface area contributed by atoms with E-state index in [4.69, 9.17) is 17.3 Å². The van der Waals surface area contributed by atoms with Gasteiger partial charge in [0.1, 0.15) is 0 Å². The first-order valence-electron chi connectivity index (χ1n) is 5.31. The van der Waals surface area contributed by atoms with Crippen LogP contribution < -0.4 is 5.73 Å². The lowest BCUT2D eigenvalue weighted by Gasteiger charge is -2.38. The quantitative estimate of drug-likeness (QED) is 0.865. The highest BCUT2D eigenvalue weighted by Crippen LogP contribution is 2.47. The monoisotopic (exact) mass is 265 g/mol. The van der Waals surface area contributed by atoms with Crippen LogP contribution in [0.1, 0.15) is 30.6 Å². The van der Waals surface area contributed by atoms with Crippen LogP contribution in [0.25, 0.3) is 0 Å². The Bertz CT molecular complexity index is 368. The van der Waals surface area contributed by atoms with Crippen LogP contribution in [0.15, 0.2) is 12.1 Å². The molecule has 0 amide bonds. The fraction of sp³-hybridized carbons (Fsp3) is 0.636. The van der Waals surface area contributed by atoms with Crippen molar-refractivity contribution >= 4 is 22.9 Å². The van der Waals surface area contributed by atoms with Crippen molar-refractivity contribution in [3.63, 3.8) is 0 Å². The van der Waals surface area contributed by atoms with Crippen LogP contribution in [0.3, 0.4) is 0 Å². The average Bonchev–Trinajstić information content (AvgIpc) is 2.66. The molecule has 1 heterocycles. The molecule has 1 saturated carbocycles. The Morgan fingerprint density at radius 1 is 1.25 bits per heavy atom. The molecule has 0 aliphatic heterocycles. The van der Waals surface area contributed by atoms with Crippen LogP contribution in [0.5, 0.6) is 0 Å². The zero-order valence-electron chi connectivity index (χ0n) is 8.81. The maximum atomic E-state index is 13.1. The lowest BCUT2D eigenvalue weighted by molar-refractivity contribution is -0.0504. The van der Waals surface area contributed by atoms with Crippen molar-refractivity contribution in [3.05, 3.63) is 21.3 Å². The lowest BCUT2D eigenvalue weighted by Crippen LogP contribution is -2.41. The maximum Gasteiger partial charge on any atom is 0.248 e. The number of hydrogen-bond donors (Lipinski definition) is 1. The molecule has 0 unspecified atom stereocenters. The van der Waals surface area contributed by atoms with Crippen molar-refractivity contribution in [1.82, 2.24) is 0 Å². The summed E-state index contributed by atoms with van der Waals surface area (Å²) in [5.74, 6) is -2.51. The largest absolute Gasteiger partial charge is 0.330 e. The maximum absolute atomic E-state index is 13.1. The highest BCUT2D eigenvalue weighted by molar-refractivity contribution is 7.16. The fourth-order valence-electron chi connectivity index (χ4n) is 2.24. The van der Waals surface area contributed by atoms with Crippen molar-refractivity contribution in [2.24, 2.45) is 5.73 Å². The van der Waals surface area contributed by atoms with Gasteiger partial charge in [0.15, 0.2) is 0 Å². The second kappa shape index (κ2) is 4.24. The van der Waals surface area contributed by atoms with E-state index in [0.29, 0.717) is 23.7 Å². The summed E-state index contributed by atoms with van der Waals surface area (Å²) in [4.78, 5) is 1.05. The zero-order chi connectivity index (χ0) is 11.8. The van der Waals surface area contributed by atoms with E-state index < -0.39 is 5.92 Å². The number of nitrogens with two attached hydrogens (primary N) is 1. The van der Waals surface area contributed by atoms with Gasteiger partial charge in [-0.15, -0.1) is 11.3 Å². The van der Waals surface area contributed by atoms with Crippen molar-refractivity contribution in [2.45, 2.75) is 37.0 Å². The minimum absolute atomic E-state index is 0.0697. The molecule has 2 rings (SSSR count). The average molecular weight is 266 g/mol. The predicted octanol–water partition coefficient (Wildman–Crippen LogP) is 3.81. The molecule has 5 heteroatoms. The first kappa shape index (κ1) is 12.3. The summed E-state index contributed by atoms with van der Waals surface area (Å²) in [5.41, 5.74) is 5.51. The summed E-state index contributed by atoms with van der Waals surface area (Å²) in [6.45, 7) is 0.417. The van der Waals surface area contributed by atoms with E-state index in [1.807, 2.05) is 12.1 Å². The summed E-state index contributed by atoms with van der Waals surface area (Å²) in [7, 11) is 0. The molecule has 2 N–H and O–H groups in total. The van der Waals surface area contributed by atoms with Gasteiger partial charge >= 0.3 is 0 Å².